The highest BCUT2D eigenvalue weighted by Gasteiger charge is 2.28. The largest absolute Gasteiger partial charge is 0.394 e. The fourth-order valence-electron chi connectivity index (χ4n) is 0.690. The van der Waals surface area contributed by atoms with Crippen molar-refractivity contribution in [1.29, 1.82) is 0 Å². The highest BCUT2D eigenvalue weighted by molar-refractivity contribution is 5.87. The van der Waals surface area contributed by atoms with Gasteiger partial charge in [-0.05, 0) is 5.53 Å². The van der Waals surface area contributed by atoms with E-state index in [1.807, 2.05) is 0 Å². The number of carbonyl (C=O) groups excluding carboxylic acids is 1. The van der Waals surface area contributed by atoms with Gasteiger partial charge in [0.15, 0.2) is 5.78 Å². The van der Waals surface area contributed by atoms with Crippen LogP contribution in [-0.2, 0) is 4.79 Å². The van der Waals surface area contributed by atoms with Crippen LogP contribution in [0.3, 0.4) is 0 Å². The summed E-state index contributed by atoms with van der Waals surface area (Å²) < 4.78 is 0. The summed E-state index contributed by atoms with van der Waals surface area (Å²) in [5, 5.41) is 38.1. The summed E-state index contributed by atoms with van der Waals surface area (Å²) in [6.45, 7) is -1.33. The van der Waals surface area contributed by atoms with Gasteiger partial charge in [0.2, 0.25) is 0 Å². The first kappa shape index (κ1) is 12.8. The van der Waals surface area contributed by atoms with Gasteiger partial charge in [-0.25, -0.2) is 0 Å². The lowest BCUT2D eigenvalue weighted by atomic mass is 10.1. The predicted molar refractivity (Wildman–Crippen MR) is 44.1 cm³/mol. The lowest BCUT2D eigenvalue weighted by Crippen LogP contribution is -2.43. The lowest BCUT2D eigenvalue weighted by Gasteiger charge is -2.16. The van der Waals surface area contributed by atoms with Gasteiger partial charge >= 0.3 is 0 Å². The molecule has 0 fully saturated rings. The van der Waals surface area contributed by atoms with E-state index in [0.717, 1.165) is 0 Å². The van der Waals surface area contributed by atoms with Crippen molar-refractivity contribution in [2.24, 2.45) is 5.11 Å². The summed E-state index contributed by atoms with van der Waals surface area (Å²) in [6, 6.07) is 0. The quantitative estimate of drug-likeness (QED) is 0.223. The molecule has 0 saturated heterocycles. The number of aliphatic hydroxyl groups excluding tert-OH is 4. The number of carbonyl (C=O) groups is 1. The number of rotatable bonds is 6. The molecule has 14 heavy (non-hydrogen) atoms. The van der Waals surface area contributed by atoms with Crippen LogP contribution >= 0.6 is 0 Å². The van der Waals surface area contributed by atoms with Crippen LogP contribution in [0.2, 0.25) is 0 Å². The van der Waals surface area contributed by atoms with E-state index in [1.54, 1.807) is 0 Å². The Hall–Kier alpha value is -1.18. The van der Waals surface area contributed by atoms with Crippen LogP contribution in [0.1, 0.15) is 0 Å². The zero-order chi connectivity index (χ0) is 11.1. The van der Waals surface area contributed by atoms with Gasteiger partial charge in [0.05, 0.1) is 13.2 Å². The molecule has 3 atom stereocenters. The molecular weight excluding hydrogens is 194 g/mol. The molecule has 0 rings (SSSR count). The average molecular weight is 205 g/mol. The van der Waals surface area contributed by atoms with Gasteiger partial charge in [-0.15, -0.1) is 0 Å². The van der Waals surface area contributed by atoms with Gasteiger partial charge in [-0.2, -0.15) is 0 Å². The number of hydrogen-bond acceptors (Lipinski definition) is 6. The van der Waals surface area contributed by atoms with Crippen LogP contribution in [0.5, 0.6) is 0 Å². The van der Waals surface area contributed by atoms with Crippen molar-refractivity contribution in [3.63, 3.8) is 0 Å². The molecule has 0 amide bonds. The molecule has 8 heteroatoms. The highest BCUT2D eigenvalue weighted by Crippen LogP contribution is 1.99. The van der Waals surface area contributed by atoms with E-state index in [0.29, 0.717) is 0 Å². The second kappa shape index (κ2) is 6.30. The lowest BCUT2D eigenvalue weighted by molar-refractivity contribution is -0.142. The topological polar surface area (TPSA) is 147 Å². The smallest absolute Gasteiger partial charge is 0.192 e. The predicted octanol–water partition coefficient (Wildman–Crippen LogP) is -2.06. The Morgan fingerprint density at radius 2 is 2.00 bits per heavy atom. The number of hydrogen-bond donors (Lipinski definition) is 4. The van der Waals surface area contributed by atoms with E-state index in [-0.39, 0.29) is 0 Å². The molecule has 0 aromatic rings. The average Bonchev–Trinajstić information content (AvgIpc) is 2.22. The summed E-state index contributed by atoms with van der Waals surface area (Å²) in [7, 11) is 0. The van der Waals surface area contributed by atoms with E-state index < -0.39 is 37.2 Å². The number of Topliss-reactive ketones (excluding diaryl/α,β-unsaturated/α-hetero) is 1. The van der Waals surface area contributed by atoms with Crippen molar-refractivity contribution in [2.45, 2.75) is 18.3 Å². The summed E-state index contributed by atoms with van der Waals surface area (Å²) in [5.74, 6) is -1.10. The third-order valence-corrected chi connectivity index (χ3v) is 1.49. The summed E-state index contributed by atoms with van der Waals surface area (Å²) in [4.78, 5) is 13.3. The van der Waals surface area contributed by atoms with Crippen molar-refractivity contribution in [3.8, 4) is 0 Å². The molecule has 8 nitrogen and oxygen atoms in total. The molecule has 0 bridgehead atoms. The van der Waals surface area contributed by atoms with Crippen LogP contribution in [0.15, 0.2) is 5.11 Å². The van der Waals surface area contributed by atoms with E-state index in [1.165, 1.54) is 0 Å². The molecule has 0 aliphatic carbocycles. The number of aliphatic hydroxyl groups is 4. The van der Waals surface area contributed by atoms with E-state index in [4.69, 9.17) is 26.0 Å². The van der Waals surface area contributed by atoms with Crippen molar-refractivity contribution in [1.82, 2.24) is 0 Å². The molecule has 0 spiro atoms. The molecule has 80 valence electrons. The Kier molecular flexibility index (Phi) is 5.77. The first-order valence-corrected chi connectivity index (χ1v) is 3.74. The minimum Gasteiger partial charge on any atom is -0.394 e. The number of azide groups is 1. The SMILES string of the molecule is [N-]=[N+]=NC[C@H](O)C(=O)[C@@H](O)[C@H](O)CO. The maximum absolute atomic E-state index is 11.0. The Morgan fingerprint density at radius 3 is 2.43 bits per heavy atom. The molecule has 0 aromatic carbocycles. The molecule has 0 aliphatic heterocycles. The first-order chi connectivity index (χ1) is 6.54. The van der Waals surface area contributed by atoms with Gasteiger partial charge in [0.1, 0.15) is 18.3 Å². The molecule has 0 aliphatic rings. The van der Waals surface area contributed by atoms with Gasteiger partial charge in [-0.1, -0.05) is 5.11 Å². The molecular formula is C6H11N3O5. The second-order valence-electron chi connectivity index (χ2n) is 2.53. The molecule has 0 unspecified atom stereocenters. The maximum atomic E-state index is 11.0. The molecule has 4 N–H and O–H groups in total. The summed E-state index contributed by atoms with van der Waals surface area (Å²) in [5.41, 5.74) is 7.87. The third-order valence-electron chi connectivity index (χ3n) is 1.49. The van der Waals surface area contributed by atoms with Gasteiger partial charge in [0, 0.05) is 4.91 Å². The highest BCUT2D eigenvalue weighted by atomic mass is 16.4. The fraction of sp³-hybridized carbons (Fsp3) is 0.833. The summed E-state index contributed by atoms with van der Waals surface area (Å²) in [6.07, 6.45) is -5.21. The zero-order valence-electron chi connectivity index (χ0n) is 7.19. The molecule has 0 aromatic heterocycles. The number of ketones is 1. The van der Waals surface area contributed by atoms with E-state index in [2.05, 4.69) is 10.0 Å². The molecule has 0 saturated carbocycles. The van der Waals surface area contributed by atoms with Gasteiger partial charge in [0.25, 0.3) is 0 Å². The fourth-order valence-corrected chi connectivity index (χ4v) is 0.690. The Bertz CT molecular complexity index is 240. The van der Waals surface area contributed by atoms with Crippen molar-refractivity contribution in [2.75, 3.05) is 13.2 Å². The monoisotopic (exact) mass is 205 g/mol. The standard InChI is InChI=1S/C6H11N3O5/c7-9-8-1-3(11)5(13)6(14)4(12)2-10/h3-4,6,10-12,14H,1-2H2/t3-,4+,6-/m0/s1. The van der Waals surface area contributed by atoms with Crippen LogP contribution in [0, 0.1) is 0 Å². The normalized spacial score (nSPS) is 16.6. The minimum absolute atomic E-state index is 0.523. The van der Waals surface area contributed by atoms with E-state index in [9.17, 15) is 4.79 Å². The van der Waals surface area contributed by atoms with Gasteiger partial charge < -0.3 is 20.4 Å². The van der Waals surface area contributed by atoms with Crippen LogP contribution in [0.25, 0.3) is 10.4 Å². The van der Waals surface area contributed by atoms with Crippen LogP contribution in [0.4, 0.5) is 0 Å². The zero-order valence-corrected chi connectivity index (χ0v) is 7.19. The molecule has 0 radical (unpaired) electrons. The van der Waals surface area contributed by atoms with Gasteiger partial charge in [-0.3, -0.25) is 4.79 Å². The Morgan fingerprint density at radius 1 is 1.43 bits per heavy atom. The van der Waals surface area contributed by atoms with Crippen LogP contribution in [-0.4, -0.2) is 57.7 Å². The number of nitrogens with zero attached hydrogens (tertiary/aromatic N) is 3. The Balaban J connectivity index is 4.23. The van der Waals surface area contributed by atoms with Crippen molar-refractivity contribution >= 4 is 5.78 Å². The maximum Gasteiger partial charge on any atom is 0.192 e. The minimum atomic E-state index is -1.89. The van der Waals surface area contributed by atoms with Crippen molar-refractivity contribution in [3.05, 3.63) is 10.4 Å². The third kappa shape index (κ3) is 3.69. The van der Waals surface area contributed by atoms with E-state index >= 15 is 0 Å². The van der Waals surface area contributed by atoms with Crippen LogP contribution < -0.4 is 0 Å². The summed E-state index contributed by atoms with van der Waals surface area (Å²) >= 11 is 0. The van der Waals surface area contributed by atoms with Crippen molar-refractivity contribution < 1.29 is 25.2 Å². The first-order valence-electron chi connectivity index (χ1n) is 3.74. The second-order valence-corrected chi connectivity index (χ2v) is 2.53. The Labute approximate surface area is 79.0 Å². The molecule has 0 heterocycles.